The summed E-state index contributed by atoms with van der Waals surface area (Å²) < 4.78 is 32.0. The normalized spacial score (nSPS) is 20.0. The lowest BCUT2D eigenvalue weighted by Crippen LogP contribution is -2.38. The van der Waals surface area contributed by atoms with Crippen LogP contribution in [0.1, 0.15) is 25.3 Å². The van der Waals surface area contributed by atoms with Gasteiger partial charge in [-0.05, 0) is 24.4 Å². The van der Waals surface area contributed by atoms with Crippen LogP contribution in [0.2, 0.25) is 0 Å². The van der Waals surface area contributed by atoms with E-state index in [-0.39, 0.29) is 36.8 Å². The first kappa shape index (κ1) is 20.8. The van der Waals surface area contributed by atoms with E-state index >= 15 is 0 Å². The summed E-state index contributed by atoms with van der Waals surface area (Å²) in [6.45, 7) is 5.45. The fourth-order valence-corrected chi connectivity index (χ4v) is 3.02. The van der Waals surface area contributed by atoms with Crippen LogP contribution in [0.3, 0.4) is 0 Å². The number of nitrogens with zero attached hydrogens (tertiary/aromatic N) is 1. The highest BCUT2D eigenvalue weighted by atomic mass is 35.5. The third kappa shape index (κ3) is 5.69. The lowest BCUT2D eigenvalue weighted by Gasteiger charge is -2.32. The number of halogens is 3. The number of esters is 1. The molecular formula is C17H25ClF2N2O2. The van der Waals surface area contributed by atoms with Crippen molar-refractivity contribution < 1.29 is 18.3 Å². The van der Waals surface area contributed by atoms with Crippen molar-refractivity contribution in [3.63, 3.8) is 0 Å². The molecule has 0 radical (unpaired) electrons. The third-order valence-electron chi connectivity index (χ3n) is 4.35. The molecule has 0 aromatic heterocycles. The van der Waals surface area contributed by atoms with Crippen LogP contribution in [-0.4, -0.2) is 44.2 Å². The van der Waals surface area contributed by atoms with Crippen LogP contribution < -0.4 is 5.32 Å². The van der Waals surface area contributed by atoms with Crippen molar-refractivity contribution in [2.75, 3.05) is 33.3 Å². The molecule has 0 bridgehead atoms. The average molecular weight is 363 g/mol. The van der Waals surface area contributed by atoms with E-state index in [0.29, 0.717) is 18.7 Å². The molecule has 1 fully saturated rings. The first-order valence-electron chi connectivity index (χ1n) is 7.86. The first-order chi connectivity index (χ1) is 10.9. The van der Waals surface area contributed by atoms with E-state index in [1.165, 1.54) is 13.2 Å². The molecule has 7 heteroatoms. The van der Waals surface area contributed by atoms with Crippen LogP contribution in [0.5, 0.6) is 0 Å². The largest absolute Gasteiger partial charge is 0.469 e. The van der Waals surface area contributed by atoms with Crippen molar-refractivity contribution in [2.24, 2.45) is 5.41 Å². The van der Waals surface area contributed by atoms with Gasteiger partial charge in [-0.25, -0.2) is 8.78 Å². The van der Waals surface area contributed by atoms with Crippen LogP contribution in [0.15, 0.2) is 18.2 Å². The Hall–Kier alpha value is -1.24. The molecule has 1 heterocycles. The number of carbonyl (C=O) groups is 1. The number of hydrogen-bond acceptors (Lipinski definition) is 4. The van der Waals surface area contributed by atoms with Gasteiger partial charge in [0, 0.05) is 31.7 Å². The number of methoxy groups -OCH3 is 1. The first-order valence-corrected chi connectivity index (χ1v) is 7.86. The summed E-state index contributed by atoms with van der Waals surface area (Å²) in [6.07, 6.45) is 1.25. The van der Waals surface area contributed by atoms with E-state index in [1.807, 2.05) is 4.90 Å². The van der Waals surface area contributed by atoms with Crippen molar-refractivity contribution in [3.05, 3.63) is 35.4 Å². The predicted octanol–water partition coefficient (Wildman–Crippen LogP) is 2.75. The van der Waals surface area contributed by atoms with Gasteiger partial charge in [0.05, 0.1) is 13.5 Å². The van der Waals surface area contributed by atoms with Gasteiger partial charge in [-0.2, -0.15) is 0 Å². The smallest absolute Gasteiger partial charge is 0.306 e. The molecule has 1 aromatic carbocycles. The van der Waals surface area contributed by atoms with Crippen molar-refractivity contribution >= 4 is 18.4 Å². The lowest BCUT2D eigenvalue weighted by molar-refractivity contribution is -0.141. The number of nitrogens with one attached hydrogen (secondary N) is 1. The monoisotopic (exact) mass is 362 g/mol. The quantitative estimate of drug-likeness (QED) is 0.757. The zero-order valence-electron chi connectivity index (χ0n) is 14.1. The van der Waals surface area contributed by atoms with Gasteiger partial charge in [0.15, 0.2) is 11.6 Å². The Morgan fingerprint density at radius 1 is 1.42 bits per heavy atom. The molecule has 0 aliphatic carbocycles. The Labute approximate surface area is 148 Å². The fourth-order valence-electron chi connectivity index (χ4n) is 3.02. The fraction of sp³-hybridized carbons (Fsp3) is 0.588. The topological polar surface area (TPSA) is 41.6 Å². The molecule has 1 saturated heterocycles. The SMILES string of the molecule is COC(=O)CCN(Cc1cccc(F)c1F)CC1(C)CCNC1.Cl. The second kappa shape index (κ2) is 9.30. The Balaban J connectivity index is 0.00000288. The molecular weight excluding hydrogens is 338 g/mol. The zero-order chi connectivity index (χ0) is 16.9. The summed E-state index contributed by atoms with van der Waals surface area (Å²) in [5, 5.41) is 3.33. The van der Waals surface area contributed by atoms with Gasteiger partial charge in [0.25, 0.3) is 0 Å². The average Bonchev–Trinajstić information content (AvgIpc) is 2.95. The maximum absolute atomic E-state index is 13.9. The summed E-state index contributed by atoms with van der Waals surface area (Å²) >= 11 is 0. The van der Waals surface area contributed by atoms with E-state index in [1.54, 1.807) is 6.07 Å². The highest BCUT2D eigenvalue weighted by molar-refractivity contribution is 5.85. The highest BCUT2D eigenvalue weighted by Crippen LogP contribution is 2.27. The highest BCUT2D eigenvalue weighted by Gasteiger charge is 2.31. The molecule has 24 heavy (non-hydrogen) atoms. The molecule has 1 N–H and O–H groups in total. The van der Waals surface area contributed by atoms with Gasteiger partial charge in [0.2, 0.25) is 0 Å². The van der Waals surface area contributed by atoms with E-state index < -0.39 is 11.6 Å². The third-order valence-corrected chi connectivity index (χ3v) is 4.35. The summed E-state index contributed by atoms with van der Waals surface area (Å²) in [5.41, 5.74) is 0.379. The zero-order valence-corrected chi connectivity index (χ0v) is 14.9. The molecule has 136 valence electrons. The van der Waals surface area contributed by atoms with Crippen LogP contribution in [-0.2, 0) is 16.1 Å². The molecule has 1 aliphatic rings. The van der Waals surface area contributed by atoms with E-state index in [9.17, 15) is 13.6 Å². The molecule has 0 spiro atoms. The van der Waals surface area contributed by atoms with Crippen LogP contribution >= 0.6 is 12.4 Å². The van der Waals surface area contributed by atoms with Crippen LogP contribution in [0.25, 0.3) is 0 Å². The van der Waals surface area contributed by atoms with Crippen molar-refractivity contribution in [3.8, 4) is 0 Å². The van der Waals surface area contributed by atoms with Gasteiger partial charge in [-0.15, -0.1) is 12.4 Å². The molecule has 1 aromatic rings. The molecule has 4 nitrogen and oxygen atoms in total. The standard InChI is InChI=1S/C17H24F2N2O2.ClH/c1-17(7-8-20-11-17)12-21(9-6-15(22)23-2)10-13-4-3-5-14(18)16(13)19;/h3-5,20H,6-12H2,1-2H3;1H. The van der Waals surface area contributed by atoms with Crippen LogP contribution in [0.4, 0.5) is 8.78 Å². The second-order valence-electron chi connectivity index (χ2n) is 6.49. The number of ether oxygens (including phenoxy) is 1. The maximum Gasteiger partial charge on any atom is 0.306 e. The number of hydrogen-bond donors (Lipinski definition) is 1. The van der Waals surface area contributed by atoms with Crippen molar-refractivity contribution in [1.29, 1.82) is 0 Å². The van der Waals surface area contributed by atoms with E-state index in [0.717, 1.165) is 25.6 Å². The summed E-state index contributed by atoms with van der Waals surface area (Å²) in [4.78, 5) is 13.4. The summed E-state index contributed by atoms with van der Waals surface area (Å²) in [7, 11) is 1.35. The molecule has 2 rings (SSSR count). The Morgan fingerprint density at radius 3 is 2.79 bits per heavy atom. The molecule has 1 unspecified atom stereocenters. The Kier molecular flexibility index (Phi) is 8.06. The van der Waals surface area contributed by atoms with E-state index in [2.05, 4.69) is 17.0 Å². The number of benzene rings is 1. The van der Waals surface area contributed by atoms with Crippen molar-refractivity contribution in [2.45, 2.75) is 26.3 Å². The van der Waals surface area contributed by atoms with Gasteiger partial charge in [-0.3, -0.25) is 9.69 Å². The van der Waals surface area contributed by atoms with Gasteiger partial charge in [0.1, 0.15) is 0 Å². The minimum absolute atomic E-state index is 0. The minimum Gasteiger partial charge on any atom is -0.469 e. The molecule has 0 saturated carbocycles. The maximum atomic E-state index is 13.9. The second-order valence-corrected chi connectivity index (χ2v) is 6.49. The van der Waals surface area contributed by atoms with Gasteiger partial charge in [-0.1, -0.05) is 19.1 Å². The Bertz CT molecular complexity index is 551. The lowest BCUT2D eigenvalue weighted by atomic mass is 9.89. The van der Waals surface area contributed by atoms with Crippen LogP contribution in [0, 0.1) is 17.0 Å². The predicted molar refractivity (Wildman–Crippen MR) is 91.1 cm³/mol. The Morgan fingerprint density at radius 2 is 2.17 bits per heavy atom. The van der Waals surface area contributed by atoms with Gasteiger partial charge < -0.3 is 10.1 Å². The summed E-state index contributed by atoms with van der Waals surface area (Å²) in [5.74, 6) is -1.96. The molecule has 0 amide bonds. The molecule has 1 atom stereocenters. The van der Waals surface area contributed by atoms with Gasteiger partial charge >= 0.3 is 5.97 Å². The van der Waals surface area contributed by atoms with E-state index in [4.69, 9.17) is 0 Å². The minimum atomic E-state index is -0.843. The molecule has 1 aliphatic heterocycles. The van der Waals surface area contributed by atoms with Crippen molar-refractivity contribution in [1.82, 2.24) is 10.2 Å². The summed E-state index contributed by atoms with van der Waals surface area (Å²) in [6, 6.07) is 4.20. The number of rotatable bonds is 7. The number of carbonyl (C=O) groups excluding carboxylic acids is 1.